The van der Waals surface area contributed by atoms with Gasteiger partial charge in [-0.2, -0.15) is 0 Å². The van der Waals surface area contributed by atoms with Crippen LogP contribution in [-0.2, 0) is 0 Å². The molecule has 4 heteroatoms. The van der Waals surface area contributed by atoms with Gasteiger partial charge in [0, 0.05) is 22.5 Å². The van der Waals surface area contributed by atoms with Crippen LogP contribution in [0.15, 0.2) is 54.7 Å². The number of H-pyrrole nitrogens is 1. The Bertz CT molecular complexity index is 973. The monoisotopic (exact) mass is 280 g/mol. The zero-order chi connectivity index (χ0) is 14.4. The van der Waals surface area contributed by atoms with Gasteiger partial charge < -0.3 is 4.98 Å². The Morgan fingerprint density at radius 3 is 2.67 bits per heavy atom. The second kappa shape index (κ2) is 4.38. The van der Waals surface area contributed by atoms with Gasteiger partial charge in [0.25, 0.3) is 0 Å². The van der Waals surface area contributed by atoms with E-state index in [1.54, 1.807) is 12.3 Å². The molecule has 0 aliphatic heterocycles. The molecule has 2 aromatic heterocycles. The molecule has 0 aliphatic carbocycles. The van der Waals surface area contributed by atoms with Gasteiger partial charge in [0.15, 0.2) is 11.6 Å². The first-order chi connectivity index (χ1) is 10.2. The summed E-state index contributed by atoms with van der Waals surface area (Å²) < 4.78 is 27.0. The number of halogens is 2. The maximum Gasteiger partial charge on any atom is 0.182 e. The largest absolute Gasteiger partial charge is 0.358 e. The number of fused-ring (bicyclic) bond motifs is 2. The number of hydrogen-bond acceptors (Lipinski definition) is 1. The predicted octanol–water partition coefficient (Wildman–Crippen LogP) is 4.66. The van der Waals surface area contributed by atoms with E-state index in [1.807, 2.05) is 36.4 Å². The summed E-state index contributed by atoms with van der Waals surface area (Å²) in [6.45, 7) is 0. The van der Waals surface area contributed by atoms with Crippen LogP contribution in [0.4, 0.5) is 8.78 Å². The average molecular weight is 280 g/mol. The lowest BCUT2D eigenvalue weighted by Crippen LogP contribution is -1.86. The van der Waals surface area contributed by atoms with E-state index in [9.17, 15) is 8.78 Å². The highest BCUT2D eigenvalue weighted by Gasteiger charge is 2.13. The number of nitrogens with one attached hydrogen (secondary N) is 1. The van der Waals surface area contributed by atoms with E-state index in [-0.39, 0.29) is 5.52 Å². The van der Waals surface area contributed by atoms with Crippen LogP contribution in [-0.4, -0.2) is 9.97 Å². The SMILES string of the molecule is Fc1ccc2c(-c3ccc4ccccc4n3)c[nH]c2c1F. The van der Waals surface area contributed by atoms with Crippen molar-refractivity contribution in [3.63, 3.8) is 0 Å². The average Bonchev–Trinajstić information content (AvgIpc) is 2.95. The fourth-order valence-corrected chi connectivity index (χ4v) is 2.57. The molecule has 0 saturated carbocycles. The molecule has 0 aliphatic rings. The number of rotatable bonds is 1. The van der Waals surface area contributed by atoms with E-state index in [0.717, 1.165) is 28.2 Å². The molecule has 2 aromatic carbocycles. The number of benzene rings is 2. The van der Waals surface area contributed by atoms with Crippen LogP contribution in [0, 0.1) is 11.6 Å². The second-order valence-electron chi connectivity index (χ2n) is 4.88. The Kier molecular flexibility index (Phi) is 2.51. The van der Waals surface area contributed by atoms with E-state index < -0.39 is 11.6 Å². The van der Waals surface area contributed by atoms with Crippen LogP contribution in [0.3, 0.4) is 0 Å². The molecule has 0 fully saturated rings. The molecule has 4 aromatic rings. The third-order valence-electron chi connectivity index (χ3n) is 3.62. The van der Waals surface area contributed by atoms with E-state index >= 15 is 0 Å². The quantitative estimate of drug-likeness (QED) is 0.539. The predicted molar refractivity (Wildman–Crippen MR) is 79.0 cm³/mol. The first kappa shape index (κ1) is 12.0. The number of pyridine rings is 1. The number of hydrogen-bond donors (Lipinski definition) is 1. The number of aromatic amines is 1. The third kappa shape index (κ3) is 1.80. The smallest absolute Gasteiger partial charge is 0.182 e. The maximum atomic E-state index is 13.8. The van der Waals surface area contributed by atoms with Gasteiger partial charge in [0.05, 0.1) is 16.7 Å². The third-order valence-corrected chi connectivity index (χ3v) is 3.62. The van der Waals surface area contributed by atoms with Gasteiger partial charge in [-0.25, -0.2) is 13.8 Å². The Morgan fingerprint density at radius 1 is 0.905 bits per heavy atom. The minimum Gasteiger partial charge on any atom is -0.358 e. The first-order valence-corrected chi connectivity index (χ1v) is 6.55. The normalized spacial score (nSPS) is 11.3. The van der Waals surface area contributed by atoms with E-state index in [2.05, 4.69) is 9.97 Å². The van der Waals surface area contributed by atoms with Crippen LogP contribution < -0.4 is 0 Å². The lowest BCUT2D eigenvalue weighted by Gasteiger charge is -2.02. The zero-order valence-electron chi connectivity index (χ0n) is 10.9. The number of nitrogens with zero attached hydrogens (tertiary/aromatic N) is 1. The van der Waals surface area contributed by atoms with E-state index in [1.165, 1.54) is 0 Å². The summed E-state index contributed by atoms with van der Waals surface area (Å²) >= 11 is 0. The summed E-state index contributed by atoms with van der Waals surface area (Å²) in [5.74, 6) is -1.72. The van der Waals surface area contributed by atoms with Crippen molar-refractivity contribution in [1.82, 2.24) is 9.97 Å². The summed E-state index contributed by atoms with van der Waals surface area (Å²) in [6, 6.07) is 14.3. The Hall–Kier alpha value is -2.75. The molecule has 0 unspecified atom stereocenters. The lowest BCUT2D eigenvalue weighted by molar-refractivity contribution is 0.515. The molecule has 0 atom stereocenters. The standard InChI is InChI=1S/C17H10F2N2/c18-13-7-6-11-12(9-20-17(11)16(13)19)15-8-5-10-3-1-2-4-14(10)21-15/h1-9,20H. The summed E-state index contributed by atoms with van der Waals surface area (Å²) in [5, 5.41) is 1.66. The fraction of sp³-hybridized carbons (Fsp3) is 0. The van der Waals surface area contributed by atoms with Crippen molar-refractivity contribution in [3.05, 3.63) is 66.4 Å². The minimum atomic E-state index is -0.862. The lowest BCUT2D eigenvalue weighted by atomic mass is 10.1. The minimum absolute atomic E-state index is 0.167. The van der Waals surface area contributed by atoms with Gasteiger partial charge in [-0.15, -0.1) is 0 Å². The van der Waals surface area contributed by atoms with Crippen molar-refractivity contribution >= 4 is 21.8 Å². The van der Waals surface area contributed by atoms with Gasteiger partial charge in [0.1, 0.15) is 0 Å². The van der Waals surface area contributed by atoms with Crippen LogP contribution in [0.25, 0.3) is 33.1 Å². The molecular weight excluding hydrogens is 270 g/mol. The second-order valence-corrected chi connectivity index (χ2v) is 4.88. The van der Waals surface area contributed by atoms with Crippen LogP contribution in [0.5, 0.6) is 0 Å². The summed E-state index contributed by atoms with van der Waals surface area (Å²) in [4.78, 5) is 7.37. The zero-order valence-corrected chi connectivity index (χ0v) is 10.9. The molecule has 0 radical (unpaired) electrons. The van der Waals surface area contributed by atoms with Crippen LogP contribution in [0.1, 0.15) is 0 Å². The molecule has 0 amide bonds. The highest BCUT2D eigenvalue weighted by atomic mass is 19.2. The Morgan fingerprint density at radius 2 is 1.76 bits per heavy atom. The molecular formula is C17H10F2N2. The van der Waals surface area contributed by atoms with E-state index in [4.69, 9.17) is 0 Å². The van der Waals surface area contributed by atoms with Crippen molar-refractivity contribution in [1.29, 1.82) is 0 Å². The number of aromatic nitrogens is 2. The highest BCUT2D eigenvalue weighted by Crippen LogP contribution is 2.30. The molecule has 0 bridgehead atoms. The van der Waals surface area contributed by atoms with Crippen molar-refractivity contribution < 1.29 is 8.78 Å². The molecule has 102 valence electrons. The van der Waals surface area contributed by atoms with Gasteiger partial charge in [-0.1, -0.05) is 24.3 Å². The summed E-state index contributed by atoms with van der Waals surface area (Å²) in [6.07, 6.45) is 1.66. The molecule has 0 saturated heterocycles. The summed E-state index contributed by atoms with van der Waals surface area (Å²) in [7, 11) is 0. The van der Waals surface area contributed by atoms with Crippen molar-refractivity contribution in [3.8, 4) is 11.3 Å². The van der Waals surface area contributed by atoms with E-state index in [0.29, 0.717) is 5.39 Å². The molecule has 2 heterocycles. The van der Waals surface area contributed by atoms with Gasteiger partial charge in [-0.3, -0.25) is 0 Å². The molecule has 0 spiro atoms. The number of para-hydroxylation sites is 1. The van der Waals surface area contributed by atoms with Gasteiger partial charge in [0.2, 0.25) is 0 Å². The molecule has 21 heavy (non-hydrogen) atoms. The first-order valence-electron chi connectivity index (χ1n) is 6.55. The Balaban J connectivity index is 1.98. The molecule has 1 N–H and O–H groups in total. The van der Waals surface area contributed by atoms with Gasteiger partial charge in [-0.05, 0) is 24.3 Å². The fourth-order valence-electron chi connectivity index (χ4n) is 2.57. The van der Waals surface area contributed by atoms with Gasteiger partial charge >= 0.3 is 0 Å². The summed E-state index contributed by atoms with van der Waals surface area (Å²) in [5.41, 5.74) is 2.52. The Labute approximate surface area is 119 Å². The van der Waals surface area contributed by atoms with Crippen LogP contribution >= 0.6 is 0 Å². The topological polar surface area (TPSA) is 28.7 Å². The van der Waals surface area contributed by atoms with Crippen molar-refractivity contribution in [2.24, 2.45) is 0 Å². The molecule has 2 nitrogen and oxygen atoms in total. The van der Waals surface area contributed by atoms with Crippen molar-refractivity contribution in [2.45, 2.75) is 0 Å². The van der Waals surface area contributed by atoms with Crippen molar-refractivity contribution in [2.75, 3.05) is 0 Å². The highest BCUT2D eigenvalue weighted by molar-refractivity contribution is 5.96. The van der Waals surface area contributed by atoms with Crippen LogP contribution in [0.2, 0.25) is 0 Å². The maximum absolute atomic E-state index is 13.8. The molecule has 4 rings (SSSR count).